The lowest BCUT2D eigenvalue weighted by Crippen LogP contribution is -2.28. The molecule has 0 radical (unpaired) electrons. The number of nitrogens with two attached hydrogens (primary N) is 1. The van der Waals surface area contributed by atoms with Crippen molar-refractivity contribution in [2.75, 3.05) is 5.43 Å². The second-order valence-electron chi connectivity index (χ2n) is 3.73. The number of halogens is 1. The van der Waals surface area contributed by atoms with E-state index in [2.05, 4.69) is 20.7 Å². The van der Waals surface area contributed by atoms with Crippen LogP contribution < -0.4 is 16.6 Å². The van der Waals surface area contributed by atoms with Gasteiger partial charge in [-0.15, -0.1) is 11.3 Å². The van der Waals surface area contributed by atoms with E-state index in [-0.39, 0.29) is 17.4 Å². The number of thiazole rings is 1. The van der Waals surface area contributed by atoms with Crippen molar-refractivity contribution in [3.05, 3.63) is 40.2 Å². The molecule has 2 rings (SSSR count). The number of hydrazine groups is 1. The number of carbonyl (C=O) groups excluding carboxylic acids is 1. The summed E-state index contributed by atoms with van der Waals surface area (Å²) in [5.41, 5.74) is 1.98. The second-order valence-corrected chi connectivity index (χ2v) is 4.66. The summed E-state index contributed by atoms with van der Waals surface area (Å²) in [6, 6.07) is 0.995. The maximum absolute atomic E-state index is 13.8. The molecule has 4 N–H and O–H groups in total. The quantitative estimate of drug-likeness (QED) is 0.582. The molecule has 0 fully saturated rings. The maximum atomic E-state index is 13.8. The topological polar surface area (TPSA) is 92.9 Å². The number of aromatic nitrogens is 2. The van der Waals surface area contributed by atoms with Crippen molar-refractivity contribution >= 4 is 23.1 Å². The zero-order valence-electron chi connectivity index (χ0n) is 10.1. The van der Waals surface area contributed by atoms with Gasteiger partial charge in [-0.25, -0.2) is 20.2 Å². The van der Waals surface area contributed by atoms with Crippen LogP contribution in [-0.4, -0.2) is 15.9 Å². The fourth-order valence-corrected chi connectivity index (χ4v) is 2.15. The van der Waals surface area contributed by atoms with E-state index in [1.807, 2.05) is 5.38 Å². The summed E-state index contributed by atoms with van der Waals surface area (Å²) in [5.74, 6) is 3.61. The highest BCUT2D eigenvalue weighted by atomic mass is 32.1. The number of carbonyl (C=O) groups is 1. The lowest BCUT2D eigenvalue weighted by molar-refractivity contribution is 0.0935. The Labute approximate surface area is 112 Å². The van der Waals surface area contributed by atoms with Crippen molar-refractivity contribution in [3.63, 3.8) is 0 Å². The molecule has 1 atom stereocenters. The van der Waals surface area contributed by atoms with Crippen molar-refractivity contribution in [2.45, 2.75) is 13.0 Å². The summed E-state index contributed by atoms with van der Waals surface area (Å²) in [7, 11) is 0. The molecule has 6 nitrogen and oxygen atoms in total. The zero-order valence-corrected chi connectivity index (χ0v) is 10.9. The molecule has 2 heterocycles. The van der Waals surface area contributed by atoms with Crippen molar-refractivity contribution < 1.29 is 9.18 Å². The minimum atomic E-state index is -0.783. The van der Waals surface area contributed by atoms with Gasteiger partial charge in [0.2, 0.25) is 0 Å². The fraction of sp³-hybridized carbons (Fsp3) is 0.182. The molecular formula is C11H12FN5OS. The van der Waals surface area contributed by atoms with Gasteiger partial charge in [0.25, 0.3) is 5.91 Å². The molecule has 2 aromatic rings. The smallest absolute Gasteiger partial charge is 0.255 e. The number of rotatable bonds is 4. The molecule has 0 bridgehead atoms. The van der Waals surface area contributed by atoms with Gasteiger partial charge in [-0.3, -0.25) is 4.79 Å². The monoisotopic (exact) mass is 281 g/mol. The summed E-state index contributed by atoms with van der Waals surface area (Å²) in [4.78, 5) is 19.7. The van der Waals surface area contributed by atoms with Gasteiger partial charge in [-0.1, -0.05) is 0 Å². The molecule has 0 aliphatic carbocycles. The van der Waals surface area contributed by atoms with E-state index in [0.29, 0.717) is 0 Å². The largest absolute Gasteiger partial charge is 0.343 e. The van der Waals surface area contributed by atoms with Crippen molar-refractivity contribution in [3.8, 4) is 0 Å². The molecule has 100 valence electrons. The van der Waals surface area contributed by atoms with E-state index in [1.165, 1.54) is 23.6 Å². The predicted octanol–water partition coefficient (Wildman–Crippen LogP) is 1.45. The highest BCUT2D eigenvalue weighted by Gasteiger charge is 2.18. The number of nitrogen functional groups attached to an aromatic ring is 1. The van der Waals surface area contributed by atoms with Crippen LogP contribution in [0.4, 0.5) is 10.2 Å². The first-order chi connectivity index (χ1) is 9.13. The standard InChI is InChI=1S/C11H12FN5OS/c1-6(11-15-4-5-19-11)16-10(18)7-2-3-14-9(17-13)8(7)12/h2-6H,13H2,1H3,(H,14,17)(H,16,18). The molecule has 0 aliphatic rings. The number of nitrogens with one attached hydrogen (secondary N) is 2. The van der Waals surface area contributed by atoms with Crippen LogP contribution in [0.25, 0.3) is 0 Å². The minimum Gasteiger partial charge on any atom is -0.343 e. The molecule has 2 aromatic heterocycles. The summed E-state index contributed by atoms with van der Waals surface area (Å²) < 4.78 is 13.8. The summed E-state index contributed by atoms with van der Waals surface area (Å²) in [6.07, 6.45) is 2.95. The van der Waals surface area contributed by atoms with Crippen molar-refractivity contribution in [1.82, 2.24) is 15.3 Å². The Bertz CT molecular complexity index is 574. The van der Waals surface area contributed by atoms with Gasteiger partial charge in [-0.05, 0) is 13.0 Å². The minimum absolute atomic E-state index is 0.119. The van der Waals surface area contributed by atoms with Gasteiger partial charge in [0.05, 0.1) is 11.6 Å². The summed E-state index contributed by atoms with van der Waals surface area (Å²) >= 11 is 1.42. The Morgan fingerprint density at radius 1 is 1.47 bits per heavy atom. The Hall–Kier alpha value is -2.06. The average Bonchev–Trinajstić information content (AvgIpc) is 2.92. The van der Waals surface area contributed by atoms with Crippen LogP contribution in [0, 0.1) is 5.82 Å². The van der Waals surface area contributed by atoms with Gasteiger partial charge < -0.3 is 10.7 Å². The predicted molar refractivity (Wildman–Crippen MR) is 70.0 cm³/mol. The van der Waals surface area contributed by atoms with Gasteiger partial charge >= 0.3 is 0 Å². The zero-order chi connectivity index (χ0) is 13.8. The lowest BCUT2D eigenvalue weighted by atomic mass is 10.2. The number of amides is 1. The van der Waals surface area contributed by atoms with Crippen LogP contribution in [0.2, 0.25) is 0 Å². The molecule has 1 unspecified atom stereocenters. The number of pyridine rings is 1. The highest BCUT2D eigenvalue weighted by molar-refractivity contribution is 7.09. The fourth-order valence-electron chi connectivity index (χ4n) is 1.50. The van der Waals surface area contributed by atoms with Crippen LogP contribution in [0.5, 0.6) is 0 Å². The van der Waals surface area contributed by atoms with Crippen LogP contribution in [-0.2, 0) is 0 Å². The first kappa shape index (κ1) is 13.4. The van der Waals surface area contributed by atoms with Crippen LogP contribution in [0.15, 0.2) is 23.8 Å². The Morgan fingerprint density at radius 3 is 2.89 bits per heavy atom. The van der Waals surface area contributed by atoms with Gasteiger partial charge in [-0.2, -0.15) is 0 Å². The molecule has 8 heteroatoms. The molecule has 19 heavy (non-hydrogen) atoms. The summed E-state index contributed by atoms with van der Waals surface area (Å²) in [5, 5.41) is 5.22. The van der Waals surface area contributed by atoms with Gasteiger partial charge in [0.15, 0.2) is 11.6 Å². The van der Waals surface area contributed by atoms with Crippen LogP contribution >= 0.6 is 11.3 Å². The van der Waals surface area contributed by atoms with Gasteiger partial charge in [0, 0.05) is 17.8 Å². The lowest BCUT2D eigenvalue weighted by Gasteiger charge is -2.12. The van der Waals surface area contributed by atoms with Crippen molar-refractivity contribution in [1.29, 1.82) is 0 Å². The summed E-state index contributed by atoms with van der Waals surface area (Å²) in [6.45, 7) is 1.78. The van der Waals surface area contributed by atoms with E-state index < -0.39 is 11.7 Å². The first-order valence-electron chi connectivity index (χ1n) is 5.45. The SMILES string of the molecule is CC(NC(=O)c1ccnc(NN)c1F)c1nccs1. The van der Waals surface area contributed by atoms with Gasteiger partial charge in [0.1, 0.15) is 5.01 Å². The number of nitrogens with zero attached hydrogens (tertiary/aromatic N) is 2. The number of hydrogen-bond acceptors (Lipinski definition) is 6. The number of anilines is 1. The third kappa shape index (κ3) is 2.85. The van der Waals surface area contributed by atoms with E-state index in [9.17, 15) is 9.18 Å². The molecule has 0 saturated carbocycles. The average molecular weight is 281 g/mol. The van der Waals surface area contributed by atoms with E-state index in [0.717, 1.165) is 5.01 Å². The molecule has 0 aliphatic heterocycles. The molecule has 0 spiro atoms. The normalized spacial score (nSPS) is 11.9. The maximum Gasteiger partial charge on any atom is 0.255 e. The first-order valence-corrected chi connectivity index (χ1v) is 6.32. The van der Waals surface area contributed by atoms with E-state index >= 15 is 0 Å². The van der Waals surface area contributed by atoms with Crippen LogP contribution in [0.1, 0.15) is 28.3 Å². The van der Waals surface area contributed by atoms with Crippen LogP contribution in [0.3, 0.4) is 0 Å². The van der Waals surface area contributed by atoms with Crippen molar-refractivity contribution in [2.24, 2.45) is 5.84 Å². The molecule has 1 amide bonds. The third-order valence-corrected chi connectivity index (χ3v) is 3.40. The third-order valence-electron chi connectivity index (χ3n) is 2.44. The number of hydrogen-bond donors (Lipinski definition) is 3. The molecular weight excluding hydrogens is 269 g/mol. The Kier molecular flexibility index (Phi) is 4.03. The highest BCUT2D eigenvalue weighted by Crippen LogP contribution is 2.18. The van der Waals surface area contributed by atoms with E-state index in [1.54, 1.807) is 13.1 Å². The Morgan fingerprint density at radius 2 is 2.26 bits per heavy atom. The second kappa shape index (κ2) is 5.72. The molecule has 0 aromatic carbocycles. The Balaban J connectivity index is 2.16. The van der Waals surface area contributed by atoms with E-state index in [4.69, 9.17) is 5.84 Å². The molecule has 0 saturated heterocycles.